The number of carbonyl (C=O) groups excluding carboxylic acids is 3. The van der Waals surface area contributed by atoms with E-state index < -0.39 is 48.0 Å². The number of nitrogen functional groups attached to an aromatic ring is 1. The molecule has 4 atom stereocenters. The second-order valence-electron chi connectivity index (χ2n) is 6.36. The minimum absolute atomic E-state index is 0.114. The van der Waals surface area contributed by atoms with Crippen molar-refractivity contribution in [2.45, 2.75) is 45.3 Å². The van der Waals surface area contributed by atoms with Gasteiger partial charge < -0.3 is 24.7 Å². The third-order valence-electron chi connectivity index (χ3n) is 4.09. The van der Waals surface area contributed by atoms with Gasteiger partial charge in [-0.3, -0.25) is 28.7 Å². The van der Waals surface area contributed by atoms with Crippen LogP contribution in [0, 0.1) is 3.95 Å². The molecule has 3 rings (SSSR count). The summed E-state index contributed by atoms with van der Waals surface area (Å²) in [5.74, 6) is -2.06. The highest BCUT2D eigenvalue weighted by molar-refractivity contribution is 7.73. The molecule has 1 fully saturated rings. The maximum absolute atomic E-state index is 12.2. The van der Waals surface area contributed by atoms with Crippen LogP contribution in [0.25, 0.3) is 10.3 Å². The third kappa shape index (κ3) is 4.34. The molecule has 0 saturated carbocycles. The van der Waals surface area contributed by atoms with Crippen molar-refractivity contribution >= 4 is 57.8 Å². The zero-order chi connectivity index (χ0) is 22.2. The number of aromatic nitrogens is 3. The first kappa shape index (κ1) is 21.9. The Balaban J connectivity index is 2.13. The second kappa shape index (κ2) is 8.49. The molecule has 3 heterocycles. The standard InChI is InChI=1S/C16H18N4O8S2/c1-5(21)25-4-8-9(26-6(2)22)10(27-7(3)23)14(28-8)20-12-11(30-16(20)29)13(24)19-15(17)18-12/h8-10,14H,4H2,1-3H3,(H3,17,18,19,24)/t8-,9-,10-,14-/m1/s1. The van der Waals surface area contributed by atoms with E-state index in [9.17, 15) is 19.2 Å². The lowest BCUT2D eigenvalue weighted by Gasteiger charge is -2.23. The number of rotatable bonds is 5. The summed E-state index contributed by atoms with van der Waals surface area (Å²) in [6, 6.07) is 0. The molecule has 0 unspecified atom stereocenters. The van der Waals surface area contributed by atoms with E-state index in [0.29, 0.717) is 0 Å². The molecule has 1 aliphatic heterocycles. The molecular weight excluding hydrogens is 440 g/mol. The summed E-state index contributed by atoms with van der Waals surface area (Å²) in [5, 5.41) is 0. The molecule has 12 nitrogen and oxygen atoms in total. The van der Waals surface area contributed by atoms with Crippen molar-refractivity contribution < 1.29 is 33.3 Å². The molecule has 2 aromatic heterocycles. The lowest BCUT2D eigenvalue weighted by Crippen LogP contribution is -2.40. The van der Waals surface area contributed by atoms with Crippen LogP contribution in [0.3, 0.4) is 0 Å². The molecule has 30 heavy (non-hydrogen) atoms. The highest BCUT2D eigenvalue weighted by Gasteiger charge is 2.51. The first-order valence-electron chi connectivity index (χ1n) is 8.62. The highest BCUT2D eigenvalue weighted by atomic mass is 32.1. The number of hydrogen-bond donors (Lipinski definition) is 2. The van der Waals surface area contributed by atoms with Crippen molar-refractivity contribution in [1.29, 1.82) is 0 Å². The van der Waals surface area contributed by atoms with Gasteiger partial charge in [0.05, 0.1) is 0 Å². The Kier molecular flexibility index (Phi) is 6.19. The average Bonchev–Trinajstić information content (AvgIpc) is 3.10. The zero-order valence-electron chi connectivity index (χ0n) is 16.1. The van der Waals surface area contributed by atoms with E-state index in [1.165, 1.54) is 25.3 Å². The number of aromatic amines is 1. The highest BCUT2D eigenvalue weighted by Crippen LogP contribution is 2.37. The number of carbonyl (C=O) groups is 3. The quantitative estimate of drug-likeness (QED) is 0.362. The molecule has 0 spiro atoms. The fourth-order valence-corrected chi connectivity index (χ4v) is 4.35. The largest absolute Gasteiger partial charge is 0.463 e. The summed E-state index contributed by atoms with van der Waals surface area (Å²) < 4.78 is 23.3. The van der Waals surface area contributed by atoms with Gasteiger partial charge in [-0.15, -0.1) is 0 Å². The minimum Gasteiger partial charge on any atom is -0.463 e. The number of nitrogens with two attached hydrogens (primary N) is 1. The van der Waals surface area contributed by atoms with Crippen LogP contribution in [0.5, 0.6) is 0 Å². The van der Waals surface area contributed by atoms with Gasteiger partial charge in [-0.25, -0.2) is 0 Å². The normalized spacial score (nSPS) is 23.3. The van der Waals surface area contributed by atoms with Gasteiger partial charge in [0.25, 0.3) is 5.56 Å². The Labute approximate surface area is 177 Å². The van der Waals surface area contributed by atoms with Crippen LogP contribution in [0.1, 0.15) is 27.0 Å². The summed E-state index contributed by atoms with van der Waals surface area (Å²) in [5.41, 5.74) is 5.27. The van der Waals surface area contributed by atoms with E-state index in [4.69, 9.17) is 36.9 Å². The van der Waals surface area contributed by atoms with Gasteiger partial charge in [0.1, 0.15) is 17.4 Å². The van der Waals surface area contributed by atoms with Crippen LogP contribution in [0.2, 0.25) is 0 Å². The number of nitrogens with one attached hydrogen (secondary N) is 1. The van der Waals surface area contributed by atoms with Crippen LogP contribution < -0.4 is 11.3 Å². The maximum Gasteiger partial charge on any atom is 0.303 e. The van der Waals surface area contributed by atoms with Crippen molar-refractivity contribution in [3.05, 3.63) is 14.3 Å². The maximum atomic E-state index is 12.2. The topological polar surface area (TPSA) is 165 Å². The Hall–Kier alpha value is -2.84. The van der Waals surface area contributed by atoms with Crippen molar-refractivity contribution in [2.24, 2.45) is 0 Å². The van der Waals surface area contributed by atoms with Gasteiger partial charge in [-0.1, -0.05) is 11.3 Å². The Morgan fingerprint density at radius 2 is 1.83 bits per heavy atom. The van der Waals surface area contributed by atoms with E-state index in [1.54, 1.807) is 0 Å². The monoisotopic (exact) mass is 458 g/mol. The molecule has 162 valence electrons. The Morgan fingerprint density at radius 3 is 2.43 bits per heavy atom. The molecule has 0 amide bonds. The van der Waals surface area contributed by atoms with Gasteiger partial charge >= 0.3 is 17.9 Å². The van der Waals surface area contributed by atoms with E-state index >= 15 is 0 Å². The third-order valence-corrected chi connectivity index (χ3v) is 5.48. The summed E-state index contributed by atoms with van der Waals surface area (Å²) in [6.45, 7) is 3.28. The van der Waals surface area contributed by atoms with E-state index in [1.807, 2.05) is 0 Å². The number of hydrogen-bond acceptors (Lipinski definition) is 12. The van der Waals surface area contributed by atoms with Crippen molar-refractivity contribution in [1.82, 2.24) is 14.5 Å². The van der Waals surface area contributed by atoms with Crippen LogP contribution in [0.4, 0.5) is 5.95 Å². The van der Waals surface area contributed by atoms with Crippen molar-refractivity contribution in [3.8, 4) is 0 Å². The lowest BCUT2D eigenvalue weighted by atomic mass is 10.1. The smallest absolute Gasteiger partial charge is 0.303 e. The van der Waals surface area contributed by atoms with Crippen LogP contribution in [-0.2, 0) is 33.3 Å². The summed E-state index contributed by atoms with van der Waals surface area (Å²) >= 11 is 6.32. The first-order chi connectivity index (χ1) is 14.1. The van der Waals surface area contributed by atoms with E-state index in [2.05, 4.69) is 9.97 Å². The molecule has 0 aromatic carbocycles. The van der Waals surface area contributed by atoms with Crippen LogP contribution in [0.15, 0.2) is 4.79 Å². The van der Waals surface area contributed by atoms with Crippen LogP contribution >= 0.6 is 23.6 Å². The van der Waals surface area contributed by atoms with Crippen LogP contribution in [-0.4, -0.2) is 57.4 Å². The molecule has 3 N–H and O–H groups in total. The zero-order valence-corrected chi connectivity index (χ0v) is 17.7. The Bertz CT molecular complexity index is 1120. The number of anilines is 1. The van der Waals surface area contributed by atoms with Gasteiger partial charge in [0.15, 0.2) is 28.0 Å². The molecule has 14 heteroatoms. The van der Waals surface area contributed by atoms with Gasteiger partial charge in [0.2, 0.25) is 5.95 Å². The molecule has 2 aromatic rings. The Morgan fingerprint density at radius 1 is 1.20 bits per heavy atom. The summed E-state index contributed by atoms with van der Waals surface area (Å²) in [4.78, 5) is 53.4. The lowest BCUT2D eigenvalue weighted by molar-refractivity contribution is -0.166. The summed E-state index contributed by atoms with van der Waals surface area (Å²) in [7, 11) is 0. The van der Waals surface area contributed by atoms with Gasteiger partial charge in [-0.05, 0) is 12.2 Å². The van der Waals surface area contributed by atoms with Crippen molar-refractivity contribution in [2.75, 3.05) is 12.3 Å². The van der Waals surface area contributed by atoms with E-state index in [-0.39, 0.29) is 26.9 Å². The number of fused-ring (bicyclic) bond motifs is 1. The van der Waals surface area contributed by atoms with Crippen molar-refractivity contribution in [3.63, 3.8) is 0 Å². The molecule has 0 aliphatic carbocycles. The first-order valence-corrected chi connectivity index (χ1v) is 9.85. The SMILES string of the molecule is CC(=O)OC[C@H]1O[C@@H](n2c(=S)sc3c(=O)[nH]c(N)nc32)[C@H](OC(C)=O)[C@@H]1OC(C)=O. The number of esters is 3. The number of thiazole rings is 1. The average molecular weight is 458 g/mol. The molecular formula is C16H18N4O8S2. The second-order valence-corrected chi connectivity index (χ2v) is 8.00. The number of H-pyrrole nitrogens is 1. The molecule has 1 saturated heterocycles. The minimum atomic E-state index is -1.15. The number of nitrogens with zero attached hydrogens (tertiary/aromatic N) is 2. The fourth-order valence-electron chi connectivity index (χ4n) is 3.07. The predicted octanol–water partition coefficient (Wildman–Crippen LogP) is 0.422. The molecule has 0 bridgehead atoms. The predicted molar refractivity (Wildman–Crippen MR) is 105 cm³/mol. The summed E-state index contributed by atoms with van der Waals surface area (Å²) in [6.07, 6.45) is -4.34. The van der Waals surface area contributed by atoms with Gasteiger partial charge in [0, 0.05) is 20.8 Å². The van der Waals surface area contributed by atoms with E-state index in [0.717, 1.165) is 11.3 Å². The molecule has 1 aliphatic rings. The fraction of sp³-hybridized carbons (Fsp3) is 0.500. The van der Waals surface area contributed by atoms with Gasteiger partial charge in [-0.2, -0.15) is 4.98 Å². The molecule has 0 radical (unpaired) electrons. The number of ether oxygens (including phenoxy) is 4.